The molecule has 4 N–H and O–H groups in total. The largest absolute Gasteiger partial charge is 0.478 e. The monoisotopic (exact) mass is 552 g/mol. The summed E-state index contributed by atoms with van der Waals surface area (Å²) < 4.78 is 0. The average molecular weight is 553 g/mol. The first-order valence-electron chi connectivity index (χ1n) is 13.8. The third-order valence-corrected chi connectivity index (χ3v) is 7.29. The minimum absolute atomic E-state index is 0.0517. The van der Waals surface area contributed by atoms with Crippen molar-refractivity contribution in [3.8, 4) is 0 Å². The van der Waals surface area contributed by atoms with Gasteiger partial charge in [0.25, 0.3) is 0 Å². The molecule has 1 aliphatic rings. The summed E-state index contributed by atoms with van der Waals surface area (Å²) in [4.78, 5) is 54.0. The molecule has 10 nitrogen and oxygen atoms in total. The van der Waals surface area contributed by atoms with Crippen LogP contribution in [0.4, 0.5) is 11.4 Å². The third kappa shape index (κ3) is 8.29. The Bertz CT molecular complexity index is 1190. The van der Waals surface area contributed by atoms with Gasteiger partial charge in [-0.1, -0.05) is 31.9 Å². The number of carboxylic acid groups (broad SMARTS) is 2. The number of hydrogen-bond acceptors (Lipinski definition) is 6. The zero-order valence-electron chi connectivity index (χ0n) is 23.5. The van der Waals surface area contributed by atoms with Crippen LogP contribution in [0.5, 0.6) is 0 Å². The summed E-state index contributed by atoms with van der Waals surface area (Å²) >= 11 is 0. The lowest BCUT2D eigenvalue weighted by atomic mass is 9.85. The molecule has 1 saturated heterocycles. The number of nitrogens with zero attached hydrogens (tertiary/aromatic N) is 2. The van der Waals surface area contributed by atoms with Crippen LogP contribution < -0.4 is 15.5 Å². The molecule has 1 aliphatic heterocycles. The summed E-state index contributed by atoms with van der Waals surface area (Å²) in [5.41, 5.74) is 2.01. The Labute approximate surface area is 235 Å². The molecular formula is C30H40N4O6. The van der Waals surface area contributed by atoms with E-state index < -0.39 is 17.9 Å². The molecule has 0 spiro atoms. The van der Waals surface area contributed by atoms with Crippen LogP contribution in [0.2, 0.25) is 0 Å². The molecule has 2 unspecified atom stereocenters. The first kappa shape index (κ1) is 30.6. The van der Waals surface area contributed by atoms with E-state index >= 15 is 0 Å². The van der Waals surface area contributed by atoms with E-state index in [4.69, 9.17) is 0 Å². The SMILES string of the molecule is CCCCC(CC(Cc1ccc(C(=O)O)cc1)C(=O)Nc1cc(C(=O)O)ccc1N(C)C)C(=O)N1CCNCC1. The maximum Gasteiger partial charge on any atom is 0.335 e. The van der Waals surface area contributed by atoms with Crippen LogP contribution in [0.3, 0.4) is 0 Å². The zero-order valence-corrected chi connectivity index (χ0v) is 23.5. The van der Waals surface area contributed by atoms with Gasteiger partial charge in [-0.3, -0.25) is 9.59 Å². The molecule has 0 radical (unpaired) electrons. The van der Waals surface area contributed by atoms with E-state index in [9.17, 15) is 29.4 Å². The molecule has 2 aromatic rings. The van der Waals surface area contributed by atoms with Crippen molar-refractivity contribution < 1.29 is 29.4 Å². The third-order valence-electron chi connectivity index (χ3n) is 7.29. The van der Waals surface area contributed by atoms with E-state index in [1.165, 1.54) is 24.3 Å². The lowest BCUT2D eigenvalue weighted by Gasteiger charge is -2.32. The van der Waals surface area contributed by atoms with Crippen LogP contribution in [-0.4, -0.2) is 79.1 Å². The highest BCUT2D eigenvalue weighted by Gasteiger charge is 2.31. The second-order valence-corrected chi connectivity index (χ2v) is 10.5. The lowest BCUT2D eigenvalue weighted by Crippen LogP contribution is -2.49. The van der Waals surface area contributed by atoms with E-state index in [0.717, 1.165) is 31.5 Å². The Balaban J connectivity index is 1.93. The van der Waals surface area contributed by atoms with Gasteiger partial charge in [-0.2, -0.15) is 0 Å². The molecule has 40 heavy (non-hydrogen) atoms. The van der Waals surface area contributed by atoms with Gasteiger partial charge in [-0.25, -0.2) is 9.59 Å². The van der Waals surface area contributed by atoms with Crippen molar-refractivity contribution in [3.05, 3.63) is 59.2 Å². The first-order chi connectivity index (χ1) is 19.1. The lowest BCUT2D eigenvalue weighted by molar-refractivity contribution is -0.137. The van der Waals surface area contributed by atoms with Gasteiger partial charge >= 0.3 is 11.9 Å². The van der Waals surface area contributed by atoms with Crippen LogP contribution in [0, 0.1) is 11.8 Å². The van der Waals surface area contributed by atoms with Crippen LogP contribution in [0.25, 0.3) is 0 Å². The van der Waals surface area contributed by atoms with Gasteiger partial charge in [0, 0.05) is 52.1 Å². The molecule has 216 valence electrons. The van der Waals surface area contributed by atoms with Gasteiger partial charge in [0.15, 0.2) is 0 Å². The number of aromatic carboxylic acids is 2. The molecule has 0 aromatic heterocycles. The molecule has 3 rings (SSSR count). The van der Waals surface area contributed by atoms with Crippen molar-refractivity contribution in [2.75, 3.05) is 50.5 Å². The molecule has 0 aliphatic carbocycles. The van der Waals surface area contributed by atoms with Gasteiger partial charge in [-0.15, -0.1) is 0 Å². The second-order valence-electron chi connectivity index (χ2n) is 10.5. The zero-order chi connectivity index (χ0) is 29.2. The van der Waals surface area contributed by atoms with Crippen molar-refractivity contribution in [1.29, 1.82) is 0 Å². The molecule has 1 heterocycles. The summed E-state index contributed by atoms with van der Waals surface area (Å²) in [7, 11) is 3.61. The number of anilines is 2. The number of carbonyl (C=O) groups is 4. The smallest absolute Gasteiger partial charge is 0.335 e. The number of rotatable bonds is 13. The highest BCUT2D eigenvalue weighted by Crippen LogP contribution is 2.29. The Kier molecular flexibility index (Phi) is 11.1. The van der Waals surface area contributed by atoms with Gasteiger partial charge in [0.05, 0.1) is 22.5 Å². The normalized spacial score (nSPS) is 14.7. The topological polar surface area (TPSA) is 139 Å². The molecule has 0 saturated carbocycles. The molecule has 10 heteroatoms. The standard InChI is InChI=1S/C30H40N4O6/c1-4-5-6-22(28(36)34-15-13-31-14-16-34)18-24(17-20-7-9-21(10-8-20)29(37)38)27(35)32-25-19-23(30(39)40)11-12-26(25)33(2)3/h7-12,19,22,24,31H,4-6,13-18H2,1-3H3,(H,32,35)(H,37,38)(H,39,40). The number of carboxylic acids is 2. The van der Waals surface area contributed by atoms with E-state index in [1.54, 1.807) is 37.2 Å². The second kappa shape index (κ2) is 14.5. The predicted molar refractivity (Wildman–Crippen MR) is 154 cm³/mol. The molecule has 1 fully saturated rings. The highest BCUT2D eigenvalue weighted by molar-refractivity contribution is 5.99. The Morgan fingerprint density at radius 2 is 1.57 bits per heavy atom. The van der Waals surface area contributed by atoms with E-state index in [0.29, 0.717) is 43.7 Å². The number of amides is 2. The number of carbonyl (C=O) groups excluding carboxylic acids is 2. The van der Waals surface area contributed by atoms with Crippen molar-refractivity contribution in [3.63, 3.8) is 0 Å². The van der Waals surface area contributed by atoms with Crippen molar-refractivity contribution in [2.45, 2.75) is 39.0 Å². The molecule has 2 atom stereocenters. The minimum atomic E-state index is -1.10. The van der Waals surface area contributed by atoms with E-state index in [-0.39, 0.29) is 28.9 Å². The predicted octanol–water partition coefficient (Wildman–Crippen LogP) is 3.57. The number of benzene rings is 2. The summed E-state index contributed by atoms with van der Waals surface area (Å²) in [5.74, 6) is -3.34. The number of hydrogen-bond donors (Lipinski definition) is 4. The fraction of sp³-hybridized carbons (Fsp3) is 0.467. The molecule has 2 aromatic carbocycles. The first-order valence-corrected chi connectivity index (χ1v) is 13.8. The summed E-state index contributed by atoms with van der Waals surface area (Å²) in [6, 6.07) is 11.0. The van der Waals surface area contributed by atoms with Gasteiger partial charge in [0.1, 0.15) is 0 Å². The van der Waals surface area contributed by atoms with Gasteiger partial charge in [0.2, 0.25) is 11.8 Å². The van der Waals surface area contributed by atoms with Crippen LogP contribution in [0.15, 0.2) is 42.5 Å². The molecular weight excluding hydrogens is 512 g/mol. The maximum absolute atomic E-state index is 13.9. The van der Waals surface area contributed by atoms with E-state index in [2.05, 4.69) is 17.6 Å². The Morgan fingerprint density at radius 1 is 0.950 bits per heavy atom. The minimum Gasteiger partial charge on any atom is -0.478 e. The quantitative estimate of drug-likeness (QED) is 0.296. The van der Waals surface area contributed by atoms with E-state index in [1.807, 2.05) is 4.90 Å². The van der Waals surface area contributed by atoms with Crippen LogP contribution in [0.1, 0.15) is 58.9 Å². The van der Waals surface area contributed by atoms with Gasteiger partial charge in [-0.05, 0) is 55.2 Å². The number of unbranched alkanes of at least 4 members (excludes halogenated alkanes) is 1. The molecule has 0 bridgehead atoms. The summed E-state index contributed by atoms with van der Waals surface area (Å²) in [6.45, 7) is 4.80. The summed E-state index contributed by atoms with van der Waals surface area (Å²) in [6.07, 6.45) is 3.07. The summed E-state index contributed by atoms with van der Waals surface area (Å²) in [5, 5.41) is 25.0. The number of nitrogens with one attached hydrogen (secondary N) is 2. The molecule has 2 amide bonds. The fourth-order valence-corrected chi connectivity index (χ4v) is 5.02. The average Bonchev–Trinajstić information content (AvgIpc) is 2.94. The maximum atomic E-state index is 13.9. The Hall–Kier alpha value is -3.92. The van der Waals surface area contributed by atoms with Crippen molar-refractivity contribution >= 4 is 35.1 Å². The van der Waals surface area contributed by atoms with Crippen molar-refractivity contribution in [2.24, 2.45) is 11.8 Å². The fourth-order valence-electron chi connectivity index (χ4n) is 5.02. The number of piperazine rings is 1. The van der Waals surface area contributed by atoms with Crippen LogP contribution >= 0.6 is 0 Å². The van der Waals surface area contributed by atoms with Gasteiger partial charge < -0.3 is 30.6 Å². The van der Waals surface area contributed by atoms with Crippen molar-refractivity contribution in [1.82, 2.24) is 10.2 Å². The highest BCUT2D eigenvalue weighted by atomic mass is 16.4. The van der Waals surface area contributed by atoms with Crippen LogP contribution in [-0.2, 0) is 16.0 Å². The Morgan fingerprint density at radius 3 is 2.15 bits per heavy atom.